The second kappa shape index (κ2) is 4.03. The number of aliphatic hydroxyl groups excluding tert-OH is 1. The van der Waals surface area contributed by atoms with Crippen molar-refractivity contribution in [1.82, 2.24) is 0 Å². The van der Waals surface area contributed by atoms with Crippen LogP contribution >= 0.6 is 9.47 Å². The smallest absolute Gasteiger partial charge is 0.310 e. The zero-order chi connectivity index (χ0) is 5.70. The van der Waals surface area contributed by atoms with E-state index in [2.05, 4.69) is 4.52 Å². The van der Waals surface area contributed by atoms with E-state index in [1.54, 1.807) is 0 Å². The Hall–Kier alpha value is -0.140. The van der Waals surface area contributed by atoms with Gasteiger partial charge in [0.15, 0.2) is 0 Å². The summed E-state index contributed by atoms with van der Waals surface area (Å²) in [4.78, 5) is 10.0. The molecule has 1 N–H and O–H groups in total. The highest BCUT2D eigenvalue weighted by molar-refractivity contribution is 7.10. The molecule has 42 valence electrons. The molecule has 0 aromatic carbocycles. The third-order valence-corrected chi connectivity index (χ3v) is 0.710. The normalized spacial score (nSPS) is 8.29. The van der Waals surface area contributed by atoms with Crippen LogP contribution in [0.4, 0.5) is 0 Å². The summed E-state index contributed by atoms with van der Waals surface area (Å²) in [5.41, 5.74) is 0. The van der Waals surface area contributed by atoms with Crippen LogP contribution in [-0.4, -0.2) is 17.7 Å². The minimum Gasteiger partial charge on any atom is -0.451 e. The largest absolute Gasteiger partial charge is 0.451 e. The fraction of sp³-hybridized carbons (Fsp3) is 0.667. The number of aliphatic hydroxyl groups is 1. The monoisotopic (exact) mass is 122 g/mol. The Kier molecular flexibility index (Phi) is 3.95. The van der Waals surface area contributed by atoms with Crippen molar-refractivity contribution in [3.8, 4) is 0 Å². The predicted molar refractivity (Wildman–Crippen MR) is 27.5 cm³/mol. The van der Waals surface area contributed by atoms with Gasteiger partial charge in [0.1, 0.15) is 0 Å². The fourth-order valence-electron chi connectivity index (χ4n) is 0.150. The lowest BCUT2D eigenvalue weighted by Crippen LogP contribution is -1.98. The van der Waals surface area contributed by atoms with E-state index in [0.717, 1.165) is 0 Å². The van der Waals surface area contributed by atoms with Crippen molar-refractivity contribution >= 4 is 15.4 Å². The minimum absolute atomic E-state index is 0.0729. The number of hydrogen-bond acceptors (Lipinski definition) is 3. The molecule has 0 aromatic heterocycles. The van der Waals surface area contributed by atoms with Crippen LogP contribution in [0.15, 0.2) is 0 Å². The zero-order valence-corrected chi connectivity index (χ0v) is 4.91. The van der Waals surface area contributed by atoms with Gasteiger partial charge in [0, 0.05) is 0 Å². The maximum absolute atomic E-state index is 10.0. The Morgan fingerprint density at radius 2 is 2.43 bits per heavy atom. The van der Waals surface area contributed by atoms with Crippen LogP contribution in [0, 0.1) is 0 Å². The quantitative estimate of drug-likeness (QED) is 0.511. The molecule has 0 fully saturated rings. The molecule has 0 amide bonds. The first-order valence-corrected chi connectivity index (χ1v) is 2.29. The second-order valence-corrected chi connectivity index (χ2v) is 1.20. The Morgan fingerprint density at radius 3 is 2.57 bits per heavy atom. The molecule has 1 unspecified atom stereocenters. The zero-order valence-electron chi connectivity index (χ0n) is 3.76. The van der Waals surface area contributed by atoms with Gasteiger partial charge in [-0.3, -0.25) is 4.79 Å². The molecule has 3 nitrogen and oxygen atoms in total. The van der Waals surface area contributed by atoms with E-state index in [0.29, 0.717) is 0 Å². The van der Waals surface area contributed by atoms with Crippen LogP contribution in [0.2, 0.25) is 0 Å². The molecule has 1 atom stereocenters. The SMILES string of the molecule is O=C(CCO)OP. The molecule has 0 aliphatic rings. The molecule has 0 spiro atoms. The van der Waals surface area contributed by atoms with Crippen molar-refractivity contribution in [2.24, 2.45) is 0 Å². The molecule has 0 rings (SSSR count). The van der Waals surface area contributed by atoms with E-state index in [1.165, 1.54) is 0 Å². The van der Waals surface area contributed by atoms with E-state index < -0.39 is 5.97 Å². The van der Waals surface area contributed by atoms with Crippen LogP contribution in [0.3, 0.4) is 0 Å². The van der Waals surface area contributed by atoms with Crippen LogP contribution < -0.4 is 0 Å². The first-order valence-electron chi connectivity index (χ1n) is 1.81. The van der Waals surface area contributed by atoms with Gasteiger partial charge in [0.25, 0.3) is 0 Å². The predicted octanol–water partition coefficient (Wildman–Crippen LogP) is -0.298. The second-order valence-electron chi connectivity index (χ2n) is 0.963. The Morgan fingerprint density at radius 1 is 1.86 bits per heavy atom. The highest BCUT2D eigenvalue weighted by Crippen LogP contribution is 1.89. The van der Waals surface area contributed by atoms with Gasteiger partial charge in [-0.25, -0.2) is 0 Å². The summed E-state index contributed by atoms with van der Waals surface area (Å²) in [6.07, 6.45) is 0.0729. The first kappa shape index (κ1) is 6.86. The third kappa shape index (κ3) is 3.70. The number of carbonyl (C=O) groups is 1. The summed E-state index contributed by atoms with van der Waals surface area (Å²) in [6.45, 7) is -0.146. The lowest BCUT2D eigenvalue weighted by Gasteiger charge is -1.90. The van der Waals surface area contributed by atoms with Crippen LogP contribution in [0.5, 0.6) is 0 Å². The summed E-state index contributed by atoms with van der Waals surface area (Å²) >= 11 is 0. The molecule has 0 aromatic rings. The summed E-state index contributed by atoms with van der Waals surface area (Å²) in [6, 6.07) is 0. The van der Waals surface area contributed by atoms with Crippen molar-refractivity contribution in [1.29, 1.82) is 0 Å². The Bertz CT molecular complexity index is 63.2. The van der Waals surface area contributed by atoms with Gasteiger partial charge >= 0.3 is 5.97 Å². The lowest BCUT2D eigenvalue weighted by molar-refractivity contribution is -0.133. The molecule has 0 aliphatic carbocycles. The van der Waals surface area contributed by atoms with Gasteiger partial charge < -0.3 is 9.63 Å². The molecule has 0 saturated heterocycles. The highest BCUT2D eigenvalue weighted by Gasteiger charge is 1.93. The molecular weight excluding hydrogens is 115 g/mol. The molecular formula is C3H7O3P. The maximum Gasteiger partial charge on any atom is 0.310 e. The van der Waals surface area contributed by atoms with Crippen molar-refractivity contribution in [3.05, 3.63) is 0 Å². The summed E-state index contributed by atoms with van der Waals surface area (Å²) in [5.74, 6) is -0.410. The fourth-order valence-corrected chi connectivity index (χ4v) is 0.268. The molecule has 0 saturated carbocycles. The van der Waals surface area contributed by atoms with Crippen molar-refractivity contribution in [2.45, 2.75) is 6.42 Å². The van der Waals surface area contributed by atoms with Crippen molar-refractivity contribution in [3.63, 3.8) is 0 Å². The van der Waals surface area contributed by atoms with E-state index in [1.807, 2.05) is 9.47 Å². The Labute approximate surface area is 44.0 Å². The lowest BCUT2D eigenvalue weighted by atomic mass is 10.5. The molecule has 4 heteroatoms. The minimum atomic E-state index is -0.410. The van der Waals surface area contributed by atoms with Crippen molar-refractivity contribution < 1.29 is 14.4 Å². The number of rotatable bonds is 2. The standard InChI is InChI=1S/C3H7O3P/c4-2-1-3(5)6-7/h4H,1-2,7H2. The maximum atomic E-state index is 10.0. The average Bonchev–Trinajstić information content (AvgIpc) is 1.68. The van der Waals surface area contributed by atoms with Crippen LogP contribution in [0.1, 0.15) is 6.42 Å². The summed E-state index contributed by atoms with van der Waals surface area (Å²) in [5, 5.41) is 8.06. The van der Waals surface area contributed by atoms with Gasteiger partial charge in [-0.2, -0.15) is 0 Å². The van der Waals surface area contributed by atoms with Crippen LogP contribution in [0.25, 0.3) is 0 Å². The van der Waals surface area contributed by atoms with Crippen LogP contribution in [-0.2, 0) is 9.32 Å². The Balaban J connectivity index is 3.00. The topological polar surface area (TPSA) is 46.5 Å². The van der Waals surface area contributed by atoms with Crippen molar-refractivity contribution in [2.75, 3.05) is 6.61 Å². The van der Waals surface area contributed by atoms with Gasteiger partial charge in [-0.1, -0.05) is 0 Å². The highest BCUT2D eigenvalue weighted by atomic mass is 31.0. The molecule has 0 aliphatic heterocycles. The number of carbonyl (C=O) groups excluding carboxylic acids is 1. The van der Waals surface area contributed by atoms with Gasteiger partial charge in [0.2, 0.25) is 0 Å². The van der Waals surface area contributed by atoms with Gasteiger partial charge in [0.05, 0.1) is 22.5 Å². The third-order valence-electron chi connectivity index (χ3n) is 0.447. The molecule has 7 heavy (non-hydrogen) atoms. The van der Waals surface area contributed by atoms with E-state index >= 15 is 0 Å². The molecule has 0 radical (unpaired) electrons. The molecule has 0 heterocycles. The van der Waals surface area contributed by atoms with E-state index in [4.69, 9.17) is 5.11 Å². The van der Waals surface area contributed by atoms with E-state index in [9.17, 15) is 4.79 Å². The molecule has 0 bridgehead atoms. The van der Waals surface area contributed by atoms with Gasteiger partial charge in [-0.05, 0) is 0 Å². The summed E-state index contributed by atoms with van der Waals surface area (Å²) < 4.78 is 4.11. The number of hydrogen-bond donors (Lipinski definition) is 1. The first-order chi connectivity index (χ1) is 3.31. The van der Waals surface area contributed by atoms with E-state index in [-0.39, 0.29) is 13.0 Å². The van der Waals surface area contributed by atoms with Gasteiger partial charge in [-0.15, -0.1) is 0 Å². The average molecular weight is 122 g/mol. The summed E-state index contributed by atoms with van der Waals surface area (Å²) in [7, 11) is 1.81.